The third-order valence-electron chi connectivity index (χ3n) is 22.7. The fraction of sp³-hybridized carbons (Fsp3) is 0.615. The maximum absolute atomic E-state index is 14.3. The van der Waals surface area contributed by atoms with Crippen LogP contribution in [0.15, 0.2) is 60.8 Å². The Kier molecular flexibility index (Phi) is 40.3. The molecule has 748 valence electrons. The summed E-state index contributed by atoms with van der Waals surface area (Å²) in [6.07, 6.45) is 0.984. The smallest absolute Gasteiger partial charge is 0.248 e. The summed E-state index contributed by atoms with van der Waals surface area (Å²) in [6, 6.07) is 4.86. The average Bonchev–Trinajstić information content (AvgIpc) is 1.78. The highest BCUT2D eigenvalue weighted by atomic mass is 16.3. The van der Waals surface area contributed by atoms with Crippen LogP contribution in [0.2, 0.25) is 0 Å². The number of nitrogens with two attached hydrogens (primary N) is 2. The Balaban J connectivity index is 1.29. The number of amides is 21. The molecule has 1 aliphatic heterocycles. The minimum absolute atomic E-state index is 0.0417. The Morgan fingerprint density at radius 3 is 1.37 bits per heavy atom. The number of H-pyrrole nitrogens is 1. The molecule has 0 radical (unpaired) electrons. The Hall–Kier alpha value is -13.2. The van der Waals surface area contributed by atoms with Crippen molar-refractivity contribution in [2.75, 3.05) is 19.7 Å². The van der Waals surface area contributed by atoms with E-state index < -0.39 is 254 Å². The van der Waals surface area contributed by atoms with Crippen LogP contribution in [0.5, 0.6) is 0 Å². The molecule has 2 aromatic carbocycles. The number of aromatic amines is 1. The van der Waals surface area contributed by atoms with Crippen molar-refractivity contribution in [3.8, 4) is 0 Å². The molecule has 24 N–H and O–H groups in total. The zero-order valence-electron chi connectivity index (χ0n) is 81.9. The van der Waals surface area contributed by atoms with E-state index in [1.165, 1.54) is 150 Å². The molecule has 0 saturated carbocycles. The van der Waals surface area contributed by atoms with Gasteiger partial charge < -0.3 is 122 Å². The lowest BCUT2D eigenvalue weighted by molar-refractivity contribution is -0.146. The highest BCUT2D eigenvalue weighted by Crippen LogP contribution is 2.26. The highest BCUT2D eigenvalue weighted by molar-refractivity contribution is 6.05. The molecule has 44 nitrogen and oxygen atoms in total. The van der Waals surface area contributed by atoms with Crippen LogP contribution >= 0.6 is 0 Å². The van der Waals surface area contributed by atoms with Crippen LogP contribution in [0.1, 0.15) is 229 Å². The zero-order chi connectivity index (χ0) is 103. The van der Waals surface area contributed by atoms with E-state index in [0.717, 1.165) is 22.0 Å². The van der Waals surface area contributed by atoms with E-state index in [1.54, 1.807) is 57.3 Å². The van der Waals surface area contributed by atoms with E-state index in [2.05, 4.69) is 101 Å². The SMILES string of the molecule is CCC(C)(NC(=O)C(C)(C)NC(=O)C(C)NC(=O)C(C)(C)NC(=O)C(Cc1ccccc1)NC(C)=O)C(=O)NC(CC(C)C)C(=O)NC(CCC(N)=O)C(=O)NCC(=O)NC(C)(C)C(=O)NC(C)(C)C(=O)NC(C)C(=O)NC(C)C(=O)NC(C)(C)C(=O)N1CCCC1C(=O)NC(C)(C)C(=O)NC(C)(C)C(=O)NC(C)(C)C(=O)NC(CCC(N)=O)C(=O)NC(CO)Cc1c[nH]c2ccccc12. The van der Waals surface area contributed by atoms with Crippen molar-refractivity contribution in [3.05, 3.63) is 71.9 Å². The number of fused-ring (bicyclic) bond motifs is 1. The third-order valence-corrected chi connectivity index (χ3v) is 22.7. The summed E-state index contributed by atoms with van der Waals surface area (Å²) in [5.41, 5.74) is -2.66. The quantitative estimate of drug-likeness (QED) is 0.0268. The summed E-state index contributed by atoms with van der Waals surface area (Å²) in [5.74, 6) is -17.8. The molecular formula is C91H142N22O22. The lowest BCUT2D eigenvalue weighted by atomic mass is 9.93. The number of likely N-dealkylation sites (tertiary alicyclic amines) is 1. The number of primary amides is 2. The topological polar surface area (TPSA) is 666 Å². The monoisotopic (exact) mass is 1900 g/mol. The zero-order valence-corrected chi connectivity index (χ0v) is 81.9. The molecule has 0 aliphatic carbocycles. The van der Waals surface area contributed by atoms with Gasteiger partial charge >= 0.3 is 0 Å². The van der Waals surface area contributed by atoms with Crippen molar-refractivity contribution in [3.63, 3.8) is 0 Å². The van der Waals surface area contributed by atoms with Crippen LogP contribution in [-0.2, 0) is 114 Å². The van der Waals surface area contributed by atoms with Crippen LogP contribution in [-0.4, -0.2) is 263 Å². The molecule has 4 rings (SSSR count). The molecule has 44 heteroatoms. The van der Waals surface area contributed by atoms with Crippen molar-refractivity contribution in [1.82, 2.24) is 106 Å². The third kappa shape index (κ3) is 34.0. The number of carbonyl (C=O) groups excluding carboxylic acids is 21. The first-order valence-electron chi connectivity index (χ1n) is 44.7. The number of hydrogen-bond donors (Lipinski definition) is 22. The number of aliphatic hydroxyl groups is 1. The summed E-state index contributed by atoms with van der Waals surface area (Å²) < 4.78 is 0. The summed E-state index contributed by atoms with van der Waals surface area (Å²) >= 11 is 0. The average molecular weight is 1900 g/mol. The normalized spacial score (nSPS) is 15.4. The molecule has 10 atom stereocenters. The van der Waals surface area contributed by atoms with Gasteiger partial charge in [-0.3, -0.25) is 101 Å². The van der Waals surface area contributed by atoms with Crippen LogP contribution in [0.25, 0.3) is 10.9 Å². The fourth-order valence-corrected chi connectivity index (χ4v) is 13.8. The number of rotatable bonds is 50. The molecule has 1 fully saturated rings. The molecular weight excluding hydrogens is 1750 g/mol. The maximum Gasteiger partial charge on any atom is 0.248 e. The second-order valence-corrected chi connectivity index (χ2v) is 39.1. The number of nitrogens with one attached hydrogen (secondary N) is 19. The molecule has 1 saturated heterocycles. The minimum Gasteiger partial charge on any atom is -0.394 e. The number of hydrogen-bond acceptors (Lipinski definition) is 22. The molecule has 1 aliphatic rings. The summed E-state index contributed by atoms with van der Waals surface area (Å²) in [6.45, 7) is 31.6. The van der Waals surface area contributed by atoms with Crippen LogP contribution < -0.4 is 107 Å². The number of benzene rings is 2. The van der Waals surface area contributed by atoms with Crippen molar-refractivity contribution in [1.29, 1.82) is 0 Å². The van der Waals surface area contributed by atoms with Gasteiger partial charge in [0.1, 0.15) is 98.2 Å². The molecule has 21 amide bonds. The fourth-order valence-electron chi connectivity index (χ4n) is 13.8. The van der Waals surface area contributed by atoms with Gasteiger partial charge in [-0.05, 0) is 207 Å². The van der Waals surface area contributed by atoms with Gasteiger partial charge in [0.25, 0.3) is 0 Å². The van der Waals surface area contributed by atoms with E-state index in [-0.39, 0.29) is 57.4 Å². The molecule has 3 aromatic rings. The lowest BCUT2D eigenvalue weighted by Crippen LogP contribution is -2.67. The molecule has 10 unspecified atom stereocenters. The van der Waals surface area contributed by atoms with Crippen molar-refractivity contribution < 1.29 is 106 Å². The van der Waals surface area contributed by atoms with E-state index in [1.807, 2.05) is 24.3 Å². The number of para-hydroxylation sites is 1. The van der Waals surface area contributed by atoms with Crippen molar-refractivity contribution in [2.24, 2.45) is 17.4 Å². The van der Waals surface area contributed by atoms with E-state index >= 15 is 0 Å². The van der Waals surface area contributed by atoms with E-state index in [9.17, 15) is 106 Å². The standard InChI is InChI=1S/C91H142N22O22/c1-25-91(24,112-80(133)88(18,19)105-68(121)51(6)98-74(127)83(8,9)107-72(125)61(99-52(7)115)43-53-32-27-26-28-33-53)81(134)103-60(42-48(2)3)71(124)101-58(37-39-63(92)116)69(122)95-46-65(118)104-86(14,15)77(130)109-84(10,11)75(128)97-49(4)66(119)96-50(5)67(120)106-90(22,23)82(135)113-41-31-36-62(113)73(126)108-87(16,17)78(131)111-89(20,21)79(132)110-85(12,13)76(129)102-59(38-40-64(93)117)70(123)100-55(47-114)44-54-45-94-57-35-30-29-34-56(54)57/h26-30,32-35,45,48-51,55,58-62,94,114H,25,31,36-44,46-47H2,1-24H3,(H2,92,116)(H2,93,117)(H,95,122)(H,96,119)(H,97,128)(H,98,127)(H,99,115)(H,100,123)(H,101,124)(H,102,129)(H,103,134)(H,104,118)(H,105,121)(H,106,120)(H,107,125)(H,108,126)(H,109,130)(H,110,132)(H,111,131)(H,112,133). The van der Waals surface area contributed by atoms with Crippen molar-refractivity contribution >= 4 is 135 Å². The van der Waals surface area contributed by atoms with Gasteiger partial charge in [-0.2, -0.15) is 0 Å². The van der Waals surface area contributed by atoms with Gasteiger partial charge in [-0.1, -0.05) is 69.3 Å². The largest absolute Gasteiger partial charge is 0.394 e. The van der Waals surface area contributed by atoms with Gasteiger partial charge in [0, 0.05) is 49.8 Å². The summed E-state index contributed by atoms with van der Waals surface area (Å²) in [7, 11) is 0. The van der Waals surface area contributed by atoms with E-state index in [4.69, 9.17) is 11.5 Å². The maximum atomic E-state index is 14.3. The van der Waals surface area contributed by atoms with Crippen molar-refractivity contribution in [2.45, 2.75) is 335 Å². The van der Waals surface area contributed by atoms with Gasteiger partial charge in [-0.25, -0.2) is 0 Å². The predicted octanol–water partition coefficient (Wildman–Crippen LogP) is -2.97. The predicted molar refractivity (Wildman–Crippen MR) is 496 cm³/mol. The second kappa shape index (κ2) is 47.6. The molecule has 0 bridgehead atoms. The Labute approximate surface area is 786 Å². The van der Waals surface area contributed by atoms with E-state index in [0.29, 0.717) is 6.42 Å². The summed E-state index contributed by atoms with van der Waals surface area (Å²) in [5, 5.41) is 57.1. The highest BCUT2D eigenvalue weighted by Gasteiger charge is 2.48. The summed E-state index contributed by atoms with van der Waals surface area (Å²) in [4.78, 5) is 290. The molecule has 1 aromatic heterocycles. The number of aliphatic hydroxyl groups excluding tert-OH is 1. The lowest BCUT2D eigenvalue weighted by Gasteiger charge is -2.36. The second-order valence-electron chi connectivity index (χ2n) is 39.1. The van der Waals surface area contributed by atoms with Gasteiger partial charge in [0.05, 0.1) is 19.2 Å². The Morgan fingerprint density at radius 2 is 0.859 bits per heavy atom. The van der Waals surface area contributed by atoms with Gasteiger partial charge in [-0.15, -0.1) is 0 Å². The Morgan fingerprint density at radius 1 is 0.430 bits per heavy atom. The van der Waals surface area contributed by atoms with Gasteiger partial charge in [0.2, 0.25) is 124 Å². The molecule has 135 heavy (non-hydrogen) atoms. The minimum atomic E-state index is -1.84. The molecule has 2 heterocycles. The number of carbonyl (C=O) groups is 21. The first-order valence-corrected chi connectivity index (χ1v) is 44.7. The van der Waals surface area contributed by atoms with Crippen LogP contribution in [0, 0.1) is 5.92 Å². The van der Waals surface area contributed by atoms with Crippen LogP contribution in [0.4, 0.5) is 0 Å². The molecule has 0 spiro atoms. The first-order chi connectivity index (χ1) is 62.1. The van der Waals surface area contributed by atoms with Gasteiger partial charge in [0.15, 0.2) is 0 Å². The number of nitrogens with zero attached hydrogens (tertiary/aromatic N) is 1. The number of aromatic nitrogens is 1. The Bertz CT molecular complexity index is 4900. The van der Waals surface area contributed by atoms with Crippen LogP contribution in [0.3, 0.4) is 0 Å². The first kappa shape index (κ1) is 114.